The van der Waals surface area contributed by atoms with Gasteiger partial charge in [-0.2, -0.15) is 0 Å². The van der Waals surface area contributed by atoms with Gasteiger partial charge in [-0.3, -0.25) is 4.39 Å². The van der Waals surface area contributed by atoms with E-state index in [4.69, 9.17) is 0 Å². The molecule has 0 fully saturated rings. The zero-order valence-corrected chi connectivity index (χ0v) is 13.2. The lowest BCUT2D eigenvalue weighted by Gasteiger charge is -2.35. The molecule has 1 aromatic carbocycles. The van der Waals surface area contributed by atoms with Crippen LogP contribution in [0.4, 0.5) is 4.39 Å². The molecule has 0 radical (unpaired) electrons. The monoisotopic (exact) mass is 292 g/mol. The van der Waals surface area contributed by atoms with Crippen LogP contribution in [-0.4, -0.2) is 35.8 Å². The molecule has 21 heavy (non-hydrogen) atoms. The fourth-order valence-electron chi connectivity index (χ4n) is 3.43. The first-order valence-electron chi connectivity index (χ1n) is 8.36. The third-order valence-corrected chi connectivity index (χ3v) is 4.54. The van der Waals surface area contributed by atoms with E-state index in [1.807, 2.05) is 6.07 Å². The first-order chi connectivity index (χ1) is 10.3. The molecular formula is C18H28FNO. The quantitative estimate of drug-likeness (QED) is 0.729. The van der Waals surface area contributed by atoms with Crippen molar-refractivity contribution in [1.29, 1.82) is 0 Å². The Morgan fingerprint density at radius 2 is 2.10 bits per heavy atom. The lowest BCUT2D eigenvalue weighted by atomic mass is 9.86. The summed E-state index contributed by atoms with van der Waals surface area (Å²) in [6, 6.07) is 6.46. The van der Waals surface area contributed by atoms with Gasteiger partial charge in [0.25, 0.3) is 0 Å². The van der Waals surface area contributed by atoms with Gasteiger partial charge in [0, 0.05) is 6.04 Å². The molecule has 0 spiro atoms. The number of rotatable bonds is 8. The van der Waals surface area contributed by atoms with Crippen molar-refractivity contribution in [3.8, 4) is 5.75 Å². The third-order valence-electron chi connectivity index (χ3n) is 4.54. The number of halogens is 1. The van der Waals surface area contributed by atoms with Crippen molar-refractivity contribution in [3.63, 3.8) is 0 Å². The molecule has 2 rings (SSSR count). The maximum absolute atomic E-state index is 12.2. The number of phenols is 1. The Morgan fingerprint density at radius 3 is 2.86 bits per heavy atom. The number of phenolic OH excluding ortho intramolecular Hbond substituents is 1. The summed E-state index contributed by atoms with van der Waals surface area (Å²) in [5.74, 6) is 0.455. The van der Waals surface area contributed by atoms with Gasteiger partial charge in [-0.1, -0.05) is 19.1 Å². The second-order valence-electron chi connectivity index (χ2n) is 6.10. The van der Waals surface area contributed by atoms with Crippen LogP contribution in [0.5, 0.6) is 5.75 Å². The number of unbranched alkanes of at least 4 members (excludes halogenated alkanes) is 2. The van der Waals surface area contributed by atoms with Crippen LogP contribution >= 0.6 is 0 Å². The van der Waals surface area contributed by atoms with E-state index in [0.717, 1.165) is 57.2 Å². The van der Waals surface area contributed by atoms with Crippen molar-refractivity contribution in [2.75, 3.05) is 19.8 Å². The first kappa shape index (κ1) is 16.3. The summed E-state index contributed by atoms with van der Waals surface area (Å²) in [5.41, 5.74) is 2.44. The van der Waals surface area contributed by atoms with E-state index >= 15 is 0 Å². The summed E-state index contributed by atoms with van der Waals surface area (Å²) in [7, 11) is 0. The fraction of sp³-hybridized carbons (Fsp3) is 0.667. The normalized spacial score (nSPS) is 18.0. The molecule has 0 saturated carbocycles. The number of benzene rings is 1. The fourth-order valence-corrected chi connectivity index (χ4v) is 3.43. The zero-order chi connectivity index (χ0) is 15.1. The highest BCUT2D eigenvalue weighted by atomic mass is 18.2. The Morgan fingerprint density at radius 1 is 1.24 bits per heavy atom. The highest BCUT2D eigenvalue weighted by Gasteiger charge is 2.24. The SMILES string of the molecule is CCCN(CCCCC[18F])C1CCc2c(O)cccc2C1. The molecule has 0 amide bonds. The molecule has 0 heterocycles. The van der Waals surface area contributed by atoms with Crippen LogP contribution in [0.15, 0.2) is 18.2 Å². The van der Waals surface area contributed by atoms with Crippen LogP contribution in [0.25, 0.3) is 0 Å². The molecule has 0 saturated heterocycles. The molecule has 118 valence electrons. The molecule has 0 aliphatic heterocycles. The molecule has 3 heteroatoms. The predicted octanol–water partition coefficient (Wildman–Crippen LogP) is 4.10. The third kappa shape index (κ3) is 4.44. The summed E-state index contributed by atoms with van der Waals surface area (Å²) in [6.07, 6.45) is 7.06. The smallest absolute Gasteiger partial charge is 0.119 e. The second kappa shape index (κ2) is 8.38. The average Bonchev–Trinajstić information content (AvgIpc) is 2.50. The minimum atomic E-state index is -0.191. The number of hydrogen-bond donors (Lipinski definition) is 1. The van der Waals surface area contributed by atoms with Gasteiger partial charge < -0.3 is 10.0 Å². The Balaban J connectivity index is 1.95. The number of nitrogens with zero attached hydrogens (tertiary/aromatic N) is 1. The van der Waals surface area contributed by atoms with Gasteiger partial charge in [-0.15, -0.1) is 0 Å². The molecule has 1 N–H and O–H groups in total. The van der Waals surface area contributed by atoms with E-state index in [9.17, 15) is 9.50 Å². The Kier molecular flexibility index (Phi) is 6.50. The van der Waals surface area contributed by atoms with Crippen LogP contribution < -0.4 is 0 Å². The minimum Gasteiger partial charge on any atom is -0.508 e. The first-order valence-corrected chi connectivity index (χ1v) is 8.36. The predicted molar refractivity (Wildman–Crippen MR) is 85.6 cm³/mol. The van der Waals surface area contributed by atoms with Gasteiger partial charge >= 0.3 is 0 Å². The molecule has 0 bridgehead atoms. The number of alkyl halides is 1. The van der Waals surface area contributed by atoms with E-state index in [1.165, 1.54) is 5.56 Å². The molecule has 1 aliphatic carbocycles. The Bertz CT molecular complexity index is 435. The summed E-state index contributed by atoms with van der Waals surface area (Å²) >= 11 is 0. The maximum atomic E-state index is 12.2. The van der Waals surface area contributed by atoms with Crippen molar-refractivity contribution < 1.29 is 9.50 Å². The van der Waals surface area contributed by atoms with E-state index in [-0.39, 0.29) is 6.67 Å². The average molecular weight is 292 g/mol. The van der Waals surface area contributed by atoms with Gasteiger partial charge in [0.2, 0.25) is 0 Å². The molecule has 1 atom stereocenters. The molecule has 1 unspecified atom stereocenters. The topological polar surface area (TPSA) is 23.5 Å². The maximum Gasteiger partial charge on any atom is 0.119 e. The molecule has 2 nitrogen and oxygen atoms in total. The lowest BCUT2D eigenvalue weighted by molar-refractivity contribution is 0.175. The lowest BCUT2D eigenvalue weighted by Crippen LogP contribution is -2.40. The van der Waals surface area contributed by atoms with Crippen molar-refractivity contribution in [2.45, 2.75) is 57.9 Å². The van der Waals surface area contributed by atoms with Crippen LogP contribution in [0.2, 0.25) is 0 Å². The highest BCUT2D eigenvalue weighted by Crippen LogP contribution is 2.30. The van der Waals surface area contributed by atoms with Gasteiger partial charge in [0.15, 0.2) is 0 Å². The largest absolute Gasteiger partial charge is 0.508 e. The van der Waals surface area contributed by atoms with Crippen molar-refractivity contribution in [2.24, 2.45) is 0 Å². The van der Waals surface area contributed by atoms with Crippen molar-refractivity contribution >= 4 is 0 Å². The standard InChI is InChI=1S/C18H28FNO/c1-2-12-20(13-5-3-4-11-19)16-9-10-17-15(14-16)7-6-8-18(17)21/h6-8,16,21H,2-5,9-14H2,1H3/i19-1. The van der Waals surface area contributed by atoms with Crippen molar-refractivity contribution in [3.05, 3.63) is 29.3 Å². The van der Waals surface area contributed by atoms with Gasteiger partial charge in [-0.25, -0.2) is 0 Å². The van der Waals surface area contributed by atoms with E-state index in [2.05, 4.69) is 17.9 Å². The zero-order valence-electron chi connectivity index (χ0n) is 13.2. The summed E-state index contributed by atoms with van der Waals surface area (Å²) in [6.45, 7) is 4.22. The highest BCUT2D eigenvalue weighted by molar-refractivity contribution is 5.41. The number of fused-ring (bicyclic) bond motifs is 1. The number of aromatic hydroxyl groups is 1. The molecule has 1 aliphatic rings. The van der Waals surface area contributed by atoms with Crippen LogP contribution in [0.1, 0.15) is 50.2 Å². The number of hydrogen-bond acceptors (Lipinski definition) is 2. The van der Waals surface area contributed by atoms with E-state index in [0.29, 0.717) is 18.2 Å². The van der Waals surface area contributed by atoms with Crippen LogP contribution in [-0.2, 0) is 12.8 Å². The molecule has 0 aromatic heterocycles. The summed E-state index contributed by atoms with van der Waals surface area (Å²) < 4.78 is 12.2. The summed E-state index contributed by atoms with van der Waals surface area (Å²) in [5, 5.41) is 9.94. The van der Waals surface area contributed by atoms with E-state index < -0.39 is 0 Å². The minimum absolute atomic E-state index is 0.191. The molecule has 1 aromatic rings. The van der Waals surface area contributed by atoms with Gasteiger partial charge in [-0.05, 0) is 75.2 Å². The van der Waals surface area contributed by atoms with Gasteiger partial charge in [0.05, 0.1) is 6.67 Å². The van der Waals surface area contributed by atoms with E-state index in [1.54, 1.807) is 6.07 Å². The van der Waals surface area contributed by atoms with Gasteiger partial charge in [0.1, 0.15) is 5.75 Å². The van der Waals surface area contributed by atoms with Crippen LogP contribution in [0, 0.1) is 0 Å². The Labute approximate surface area is 128 Å². The Hall–Kier alpha value is -1.09. The van der Waals surface area contributed by atoms with Crippen LogP contribution in [0.3, 0.4) is 0 Å². The molecular weight excluding hydrogens is 264 g/mol. The van der Waals surface area contributed by atoms with Crippen molar-refractivity contribution in [1.82, 2.24) is 4.90 Å². The second-order valence-corrected chi connectivity index (χ2v) is 6.10. The summed E-state index contributed by atoms with van der Waals surface area (Å²) in [4.78, 5) is 2.57.